The predicted octanol–water partition coefficient (Wildman–Crippen LogP) is 5.15. The molecule has 0 N–H and O–H groups in total. The molecule has 0 atom stereocenters. The van der Waals surface area contributed by atoms with Crippen molar-refractivity contribution in [3.63, 3.8) is 0 Å². The summed E-state index contributed by atoms with van der Waals surface area (Å²) in [5.41, 5.74) is 5.00. The van der Waals surface area contributed by atoms with Gasteiger partial charge in [-0.15, -0.1) is 0 Å². The third kappa shape index (κ3) is 4.09. The Morgan fingerprint density at radius 2 is 1.65 bits per heavy atom. The number of hydrogen-bond acceptors (Lipinski definition) is 4. The number of nitriles is 1. The summed E-state index contributed by atoms with van der Waals surface area (Å²) < 4.78 is 3.99. The highest BCUT2D eigenvalue weighted by molar-refractivity contribution is 6.19. The normalized spacial score (nSPS) is 15.4. The number of para-hydroxylation sites is 1. The van der Waals surface area contributed by atoms with Crippen LogP contribution < -0.4 is 0 Å². The molecular weight excluding hydrogens is 462 g/mol. The number of carbonyl (C=O) groups is 2. The molecule has 2 aromatic carbocycles. The lowest BCUT2D eigenvalue weighted by Gasteiger charge is -2.26. The molecule has 0 unspecified atom stereocenters. The minimum Gasteiger partial charge on any atom is -0.326 e. The second-order valence-electron chi connectivity index (χ2n) is 8.75. The summed E-state index contributed by atoms with van der Waals surface area (Å²) in [6.45, 7) is 3.56. The van der Waals surface area contributed by atoms with E-state index in [0.29, 0.717) is 11.1 Å². The summed E-state index contributed by atoms with van der Waals surface area (Å²) in [5, 5.41) is 9.61. The standard InChI is InChI=1S/C30H25N5O2/c1-4-34-29(36)24(20(2)25(19-31)30(34)37)17-23-18-26-28(35(23)22-13-9-6-10-14-22)32-27(33(26)3)16-15-21-11-7-5-8-12-21/h5-18H,4H2,1-3H3/b16-15+,24-17-. The molecule has 0 saturated carbocycles. The van der Waals surface area contributed by atoms with Crippen LogP contribution in [0.2, 0.25) is 0 Å². The van der Waals surface area contributed by atoms with Crippen molar-refractivity contribution in [2.45, 2.75) is 13.8 Å². The zero-order valence-electron chi connectivity index (χ0n) is 20.8. The van der Waals surface area contributed by atoms with Gasteiger partial charge in [0.1, 0.15) is 17.5 Å². The lowest BCUT2D eigenvalue weighted by atomic mass is 9.94. The Kier molecular flexibility index (Phi) is 6.16. The first kappa shape index (κ1) is 23.8. The number of benzene rings is 2. The summed E-state index contributed by atoms with van der Waals surface area (Å²) in [4.78, 5) is 31.9. The second kappa shape index (κ2) is 9.59. The minimum atomic E-state index is -0.551. The van der Waals surface area contributed by atoms with Crippen molar-refractivity contribution < 1.29 is 9.59 Å². The van der Waals surface area contributed by atoms with Crippen molar-refractivity contribution in [3.05, 3.63) is 101 Å². The Labute approximate surface area is 214 Å². The van der Waals surface area contributed by atoms with Crippen LogP contribution >= 0.6 is 0 Å². The fourth-order valence-electron chi connectivity index (χ4n) is 4.57. The van der Waals surface area contributed by atoms with Gasteiger partial charge in [0.05, 0.1) is 11.2 Å². The van der Waals surface area contributed by atoms with E-state index in [-0.39, 0.29) is 12.1 Å². The van der Waals surface area contributed by atoms with Crippen molar-refractivity contribution in [1.29, 1.82) is 5.26 Å². The van der Waals surface area contributed by atoms with Gasteiger partial charge in [0.25, 0.3) is 11.8 Å². The molecule has 0 bridgehead atoms. The maximum Gasteiger partial charge on any atom is 0.271 e. The summed E-state index contributed by atoms with van der Waals surface area (Å²) in [6.07, 6.45) is 5.74. The number of amides is 2. The van der Waals surface area contributed by atoms with E-state index in [4.69, 9.17) is 4.98 Å². The topological polar surface area (TPSA) is 83.9 Å². The highest BCUT2D eigenvalue weighted by atomic mass is 16.2. The van der Waals surface area contributed by atoms with Crippen LogP contribution in [0.5, 0.6) is 0 Å². The first-order valence-electron chi connectivity index (χ1n) is 12.0. The molecule has 2 aromatic heterocycles. The van der Waals surface area contributed by atoms with Crippen molar-refractivity contribution in [2.24, 2.45) is 7.05 Å². The molecule has 37 heavy (non-hydrogen) atoms. The molecular formula is C30H25N5O2. The zero-order valence-corrected chi connectivity index (χ0v) is 20.8. The van der Waals surface area contributed by atoms with E-state index in [9.17, 15) is 14.9 Å². The van der Waals surface area contributed by atoms with Gasteiger partial charge in [-0.3, -0.25) is 19.1 Å². The van der Waals surface area contributed by atoms with Crippen LogP contribution in [-0.4, -0.2) is 37.4 Å². The average Bonchev–Trinajstić information content (AvgIpc) is 3.42. The number of imide groups is 1. The van der Waals surface area contributed by atoms with Crippen molar-refractivity contribution >= 4 is 41.2 Å². The molecule has 0 radical (unpaired) electrons. The van der Waals surface area contributed by atoms with Crippen LogP contribution in [0.1, 0.15) is 30.9 Å². The van der Waals surface area contributed by atoms with E-state index in [1.165, 1.54) is 0 Å². The van der Waals surface area contributed by atoms with Gasteiger partial charge in [-0.25, -0.2) is 4.98 Å². The maximum atomic E-state index is 13.2. The fourth-order valence-corrected chi connectivity index (χ4v) is 4.57. The van der Waals surface area contributed by atoms with E-state index in [1.807, 2.05) is 101 Å². The Bertz CT molecular complexity index is 1660. The highest BCUT2D eigenvalue weighted by Gasteiger charge is 2.34. The fraction of sp³-hybridized carbons (Fsp3) is 0.133. The van der Waals surface area contributed by atoms with Crippen LogP contribution in [0.4, 0.5) is 0 Å². The Morgan fingerprint density at radius 1 is 0.973 bits per heavy atom. The number of imidazole rings is 1. The third-order valence-electron chi connectivity index (χ3n) is 6.58. The number of rotatable bonds is 5. The smallest absolute Gasteiger partial charge is 0.271 e. The van der Waals surface area contributed by atoms with Gasteiger partial charge in [0.15, 0.2) is 5.65 Å². The summed E-state index contributed by atoms with van der Waals surface area (Å²) in [5.74, 6) is -0.171. The molecule has 3 heterocycles. The third-order valence-corrected chi connectivity index (χ3v) is 6.58. The molecule has 1 aliphatic heterocycles. The lowest BCUT2D eigenvalue weighted by molar-refractivity contribution is -0.140. The van der Waals surface area contributed by atoms with Crippen LogP contribution in [0.3, 0.4) is 0 Å². The van der Waals surface area contributed by atoms with Gasteiger partial charge in [-0.1, -0.05) is 54.6 Å². The molecule has 2 amide bonds. The first-order chi connectivity index (χ1) is 17.9. The Balaban J connectivity index is 1.70. The molecule has 4 aromatic rings. The molecule has 0 aliphatic carbocycles. The van der Waals surface area contributed by atoms with Crippen LogP contribution in [0.25, 0.3) is 35.1 Å². The van der Waals surface area contributed by atoms with Gasteiger partial charge < -0.3 is 4.57 Å². The first-order valence-corrected chi connectivity index (χ1v) is 12.0. The van der Waals surface area contributed by atoms with Gasteiger partial charge in [0.2, 0.25) is 0 Å². The van der Waals surface area contributed by atoms with Gasteiger partial charge in [-0.2, -0.15) is 5.26 Å². The lowest BCUT2D eigenvalue weighted by Crippen LogP contribution is -2.42. The number of hydrogen-bond donors (Lipinski definition) is 0. The number of aromatic nitrogens is 3. The Morgan fingerprint density at radius 3 is 2.30 bits per heavy atom. The minimum absolute atomic E-state index is 0.0125. The monoisotopic (exact) mass is 487 g/mol. The number of likely N-dealkylation sites (N-methyl/N-ethyl adjacent to an activating group) is 1. The van der Waals surface area contributed by atoms with Crippen LogP contribution in [0.15, 0.2) is 83.4 Å². The quantitative estimate of drug-likeness (QED) is 0.288. The van der Waals surface area contributed by atoms with Crippen molar-refractivity contribution in [2.75, 3.05) is 6.54 Å². The van der Waals surface area contributed by atoms with Gasteiger partial charge in [0, 0.05) is 24.9 Å². The molecule has 0 spiro atoms. The van der Waals surface area contributed by atoms with Gasteiger partial charge >= 0.3 is 0 Å². The molecule has 7 heteroatoms. The molecule has 7 nitrogen and oxygen atoms in total. The van der Waals surface area contributed by atoms with E-state index in [2.05, 4.69) is 0 Å². The number of aryl methyl sites for hydroxylation is 1. The summed E-state index contributed by atoms with van der Waals surface area (Å²) >= 11 is 0. The number of fused-ring (bicyclic) bond motifs is 1. The van der Waals surface area contributed by atoms with E-state index in [1.54, 1.807) is 19.9 Å². The van der Waals surface area contributed by atoms with Crippen LogP contribution in [0, 0.1) is 11.3 Å². The molecule has 5 rings (SSSR count). The van der Waals surface area contributed by atoms with E-state index < -0.39 is 11.8 Å². The van der Waals surface area contributed by atoms with Crippen LogP contribution in [-0.2, 0) is 16.6 Å². The van der Waals surface area contributed by atoms with Crippen molar-refractivity contribution in [1.82, 2.24) is 19.0 Å². The number of carbonyl (C=O) groups excluding carboxylic acids is 2. The Hall–Kier alpha value is -4.96. The van der Waals surface area contributed by atoms with E-state index >= 15 is 0 Å². The predicted molar refractivity (Wildman–Crippen MR) is 144 cm³/mol. The van der Waals surface area contributed by atoms with E-state index in [0.717, 1.165) is 38.8 Å². The summed E-state index contributed by atoms with van der Waals surface area (Å²) in [6, 6.07) is 23.8. The average molecular weight is 488 g/mol. The second-order valence-corrected chi connectivity index (χ2v) is 8.75. The molecule has 0 fully saturated rings. The molecule has 0 saturated heterocycles. The SMILES string of the molecule is CCN1C(=O)C(C#N)=C(C)/C(=C/c2cc3c(nc(/C=C/c4ccccc4)n3C)n2-c2ccccc2)C1=O. The highest BCUT2D eigenvalue weighted by Crippen LogP contribution is 2.31. The number of nitrogens with zero attached hydrogens (tertiary/aromatic N) is 5. The largest absolute Gasteiger partial charge is 0.326 e. The zero-order chi connectivity index (χ0) is 26.1. The van der Waals surface area contributed by atoms with Gasteiger partial charge in [-0.05, 0) is 55.3 Å². The summed E-state index contributed by atoms with van der Waals surface area (Å²) in [7, 11) is 1.95. The molecule has 1 aliphatic rings. The van der Waals surface area contributed by atoms with Crippen molar-refractivity contribution in [3.8, 4) is 11.8 Å². The molecule has 182 valence electrons. The maximum absolute atomic E-state index is 13.2.